The Balaban J connectivity index is 3.49. The van der Waals surface area contributed by atoms with E-state index in [4.69, 9.17) is 9.47 Å². The van der Waals surface area contributed by atoms with E-state index >= 15 is 0 Å². The SMILES string of the molecule is CC/C=C\C/C=C\C/C=C\C/C=C\CCCCCCCCCOCC(CO)OC(=O)CCCCCCC/C=C\CCCCCCC. The van der Waals surface area contributed by atoms with Crippen molar-refractivity contribution >= 4 is 5.97 Å². The highest BCUT2D eigenvalue weighted by molar-refractivity contribution is 5.69. The lowest BCUT2D eigenvalue weighted by molar-refractivity contribution is -0.154. The lowest BCUT2D eigenvalue weighted by Gasteiger charge is -2.15. The molecule has 0 fully saturated rings. The van der Waals surface area contributed by atoms with Gasteiger partial charge in [0.2, 0.25) is 0 Å². The summed E-state index contributed by atoms with van der Waals surface area (Å²) in [5.74, 6) is -0.216. The topological polar surface area (TPSA) is 55.8 Å². The van der Waals surface area contributed by atoms with Crippen molar-refractivity contribution in [2.75, 3.05) is 19.8 Å². The van der Waals surface area contributed by atoms with E-state index < -0.39 is 6.10 Å². The Hall–Kier alpha value is -1.91. The van der Waals surface area contributed by atoms with Crippen LogP contribution in [0.4, 0.5) is 0 Å². The summed E-state index contributed by atoms with van der Waals surface area (Å²) in [5, 5.41) is 9.57. The highest BCUT2D eigenvalue weighted by Crippen LogP contribution is 2.12. The average molecular weight is 643 g/mol. The number of hydrogen-bond acceptors (Lipinski definition) is 4. The molecule has 1 unspecified atom stereocenters. The smallest absolute Gasteiger partial charge is 0.306 e. The summed E-state index contributed by atoms with van der Waals surface area (Å²) >= 11 is 0. The Morgan fingerprint density at radius 1 is 0.543 bits per heavy atom. The number of aliphatic hydroxyl groups excluding tert-OH is 1. The van der Waals surface area contributed by atoms with Gasteiger partial charge in [-0.1, -0.05) is 152 Å². The van der Waals surface area contributed by atoms with Crippen molar-refractivity contribution in [1.29, 1.82) is 0 Å². The highest BCUT2D eigenvalue weighted by Gasteiger charge is 2.13. The van der Waals surface area contributed by atoms with Crippen molar-refractivity contribution < 1.29 is 19.4 Å². The number of unbranched alkanes of at least 4 members (excludes halogenated alkanes) is 17. The van der Waals surface area contributed by atoms with Crippen LogP contribution in [0.2, 0.25) is 0 Å². The molecule has 4 heteroatoms. The summed E-state index contributed by atoms with van der Waals surface area (Å²) in [6, 6.07) is 0. The molecule has 0 aliphatic carbocycles. The summed E-state index contributed by atoms with van der Waals surface area (Å²) in [4.78, 5) is 12.1. The predicted octanol–water partition coefficient (Wildman–Crippen LogP) is 12.5. The van der Waals surface area contributed by atoms with Crippen molar-refractivity contribution in [2.45, 2.75) is 180 Å². The molecule has 0 rings (SSSR count). The van der Waals surface area contributed by atoms with Crippen LogP contribution in [0.3, 0.4) is 0 Å². The standard InChI is InChI=1S/C42H74O4/c1-3-5-7-9-11-13-15-17-19-20-21-22-23-24-26-28-30-32-34-36-38-45-40-41(39-43)46-42(44)37-35-33-31-29-27-25-18-16-14-12-10-8-6-4-2/h5,7,11,13,16-19,21-22,41,43H,3-4,6,8-10,12,14-15,20,23-40H2,1-2H3/b7-5-,13-11-,18-16-,19-17-,22-21-. The fourth-order valence-electron chi connectivity index (χ4n) is 5.19. The molecule has 0 amide bonds. The van der Waals surface area contributed by atoms with E-state index in [1.54, 1.807) is 0 Å². The van der Waals surface area contributed by atoms with Crippen molar-refractivity contribution in [3.05, 3.63) is 60.8 Å². The Morgan fingerprint density at radius 2 is 0.978 bits per heavy atom. The molecule has 0 saturated heterocycles. The fraction of sp³-hybridized carbons (Fsp3) is 0.738. The van der Waals surface area contributed by atoms with Crippen LogP contribution in [0.25, 0.3) is 0 Å². The van der Waals surface area contributed by atoms with Gasteiger partial charge in [0.25, 0.3) is 0 Å². The highest BCUT2D eigenvalue weighted by atomic mass is 16.6. The summed E-state index contributed by atoms with van der Waals surface area (Å²) in [6.45, 7) is 5.19. The van der Waals surface area contributed by atoms with Crippen molar-refractivity contribution in [3.8, 4) is 0 Å². The third-order valence-corrected chi connectivity index (χ3v) is 8.08. The molecule has 0 aromatic rings. The van der Waals surface area contributed by atoms with Crippen LogP contribution in [0.5, 0.6) is 0 Å². The van der Waals surface area contributed by atoms with Gasteiger partial charge >= 0.3 is 5.97 Å². The number of hydrogen-bond donors (Lipinski definition) is 1. The van der Waals surface area contributed by atoms with Gasteiger partial charge in [-0.25, -0.2) is 0 Å². The Morgan fingerprint density at radius 3 is 1.50 bits per heavy atom. The number of esters is 1. The second-order valence-electron chi connectivity index (χ2n) is 12.6. The van der Waals surface area contributed by atoms with E-state index in [-0.39, 0.29) is 19.2 Å². The molecule has 266 valence electrons. The second kappa shape index (κ2) is 39.3. The molecule has 0 spiro atoms. The van der Waals surface area contributed by atoms with Crippen LogP contribution in [-0.2, 0) is 14.3 Å². The third-order valence-electron chi connectivity index (χ3n) is 8.08. The van der Waals surface area contributed by atoms with Crippen LogP contribution in [0, 0.1) is 0 Å². The van der Waals surface area contributed by atoms with Gasteiger partial charge in [0.05, 0.1) is 13.2 Å². The van der Waals surface area contributed by atoms with Crippen molar-refractivity contribution in [2.24, 2.45) is 0 Å². The van der Waals surface area contributed by atoms with Crippen LogP contribution in [-0.4, -0.2) is 37.0 Å². The van der Waals surface area contributed by atoms with Gasteiger partial charge in [-0.05, 0) is 77.0 Å². The van der Waals surface area contributed by atoms with E-state index in [1.165, 1.54) is 96.3 Å². The number of carbonyl (C=O) groups excluding carboxylic acids is 1. The van der Waals surface area contributed by atoms with Crippen LogP contribution < -0.4 is 0 Å². The molecular formula is C42H74O4. The van der Waals surface area contributed by atoms with Gasteiger partial charge in [0.15, 0.2) is 0 Å². The Kier molecular flexibility index (Phi) is 37.6. The molecule has 4 nitrogen and oxygen atoms in total. The van der Waals surface area contributed by atoms with Crippen molar-refractivity contribution in [1.82, 2.24) is 0 Å². The van der Waals surface area contributed by atoms with E-state index in [2.05, 4.69) is 74.6 Å². The molecule has 1 N–H and O–H groups in total. The molecule has 0 aromatic carbocycles. The first kappa shape index (κ1) is 44.1. The normalized spacial score (nSPS) is 13.0. The summed E-state index contributed by atoms with van der Waals surface area (Å²) in [5.41, 5.74) is 0. The fourth-order valence-corrected chi connectivity index (χ4v) is 5.19. The van der Waals surface area contributed by atoms with Crippen LogP contribution in [0.1, 0.15) is 174 Å². The summed E-state index contributed by atoms with van der Waals surface area (Å²) < 4.78 is 11.1. The number of ether oxygens (including phenoxy) is 2. The Bertz CT molecular complexity index is 764. The van der Waals surface area contributed by atoms with Gasteiger partial charge in [0.1, 0.15) is 6.10 Å². The molecule has 0 aliphatic rings. The minimum absolute atomic E-state index is 0.182. The lowest BCUT2D eigenvalue weighted by Crippen LogP contribution is -2.27. The van der Waals surface area contributed by atoms with Gasteiger partial charge in [0, 0.05) is 13.0 Å². The molecule has 0 aromatic heterocycles. The van der Waals surface area contributed by atoms with Gasteiger partial charge < -0.3 is 14.6 Å². The predicted molar refractivity (Wildman–Crippen MR) is 200 cm³/mol. The first-order valence-corrected chi connectivity index (χ1v) is 19.4. The largest absolute Gasteiger partial charge is 0.457 e. The lowest BCUT2D eigenvalue weighted by atomic mass is 10.1. The zero-order valence-electron chi connectivity index (χ0n) is 30.3. The Labute approximate surface area is 285 Å². The number of allylic oxidation sites excluding steroid dienone is 10. The number of aliphatic hydroxyl groups is 1. The van der Waals surface area contributed by atoms with Crippen molar-refractivity contribution in [3.63, 3.8) is 0 Å². The van der Waals surface area contributed by atoms with Crippen LogP contribution in [0.15, 0.2) is 60.8 Å². The van der Waals surface area contributed by atoms with E-state index in [9.17, 15) is 9.90 Å². The first-order chi connectivity index (χ1) is 22.7. The minimum Gasteiger partial charge on any atom is -0.457 e. The molecule has 0 saturated carbocycles. The molecule has 0 heterocycles. The maximum Gasteiger partial charge on any atom is 0.306 e. The molecule has 0 radical (unpaired) electrons. The van der Waals surface area contributed by atoms with E-state index in [0.29, 0.717) is 13.0 Å². The molecule has 0 bridgehead atoms. The van der Waals surface area contributed by atoms with Gasteiger partial charge in [-0.3, -0.25) is 4.79 Å². The van der Waals surface area contributed by atoms with E-state index in [0.717, 1.165) is 57.8 Å². The zero-order valence-corrected chi connectivity index (χ0v) is 30.3. The van der Waals surface area contributed by atoms with Gasteiger partial charge in [-0.15, -0.1) is 0 Å². The first-order valence-electron chi connectivity index (χ1n) is 19.4. The quantitative estimate of drug-likeness (QED) is 0.0424. The van der Waals surface area contributed by atoms with Gasteiger partial charge in [-0.2, -0.15) is 0 Å². The monoisotopic (exact) mass is 643 g/mol. The number of rotatable bonds is 35. The number of carbonyl (C=O) groups is 1. The maximum absolute atomic E-state index is 12.1. The van der Waals surface area contributed by atoms with Crippen LogP contribution >= 0.6 is 0 Å². The summed E-state index contributed by atoms with van der Waals surface area (Å²) in [7, 11) is 0. The second-order valence-corrected chi connectivity index (χ2v) is 12.6. The third kappa shape index (κ3) is 36.6. The molecular weight excluding hydrogens is 568 g/mol. The summed E-state index contributed by atoms with van der Waals surface area (Å²) in [6.07, 6.45) is 51.2. The zero-order chi connectivity index (χ0) is 33.4. The van der Waals surface area contributed by atoms with E-state index in [1.807, 2.05) is 0 Å². The molecule has 0 aliphatic heterocycles. The minimum atomic E-state index is -0.545. The molecule has 46 heavy (non-hydrogen) atoms. The average Bonchev–Trinajstić information content (AvgIpc) is 3.06. The molecule has 1 atom stereocenters. The maximum atomic E-state index is 12.1.